The lowest BCUT2D eigenvalue weighted by Crippen LogP contribution is -2.29. The summed E-state index contributed by atoms with van der Waals surface area (Å²) < 4.78 is 42.7. The molecule has 0 saturated carbocycles. The van der Waals surface area contributed by atoms with Crippen molar-refractivity contribution in [2.24, 2.45) is 0 Å². The Balaban J connectivity index is 2.88. The minimum absolute atomic E-state index is 0.0998. The van der Waals surface area contributed by atoms with Crippen molar-refractivity contribution >= 4 is 5.97 Å². The summed E-state index contributed by atoms with van der Waals surface area (Å²) in [7, 11) is 0. The quantitative estimate of drug-likeness (QED) is 0.898. The fourth-order valence-electron chi connectivity index (χ4n) is 1.61. The molecule has 1 atom stereocenters. The smallest absolute Gasteiger partial charge is 0.416 e. The molecule has 19 heavy (non-hydrogen) atoms. The Morgan fingerprint density at radius 2 is 2.00 bits per heavy atom. The van der Waals surface area contributed by atoms with Crippen LogP contribution in [0.1, 0.15) is 25.0 Å². The van der Waals surface area contributed by atoms with Gasteiger partial charge in [0, 0.05) is 6.42 Å². The van der Waals surface area contributed by atoms with E-state index in [-0.39, 0.29) is 18.1 Å². The minimum Gasteiger partial charge on any atom is -0.479 e. The van der Waals surface area contributed by atoms with Crippen LogP contribution in [0.2, 0.25) is 0 Å². The van der Waals surface area contributed by atoms with Crippen LogP contribution < -0.4 is 0 Å². The molecule has 6 heteroatoms. The standard InChI is InChI=1S/C13H15F3O3/c1-8(2)19-11(12(17)18)7-9-4-3-5-10(6-9)13(14,15)16/h3-6,8,11H,7H2,1-2H3,(H,17,18)/t11-/m0/s1. The maximum Gasteiger partial charge on any atom is 0.416 e. The van der Waals surface area contributed by atoms with Crippen molar-refractivity contribution in [3.05, 3.63) is 35.4 Å². The molecular formula is C13H15F3O3. The SMILES string of the molecule is CC(C)O[C@@H](Cc1cccc(C(F)(F)F)c1)C(=O)O. The summed E-state index contributed by atoms with van der Waals surface area (Å²) in [6.45, 7) is 3.34. The van der Waals surface area contributed by atoms with Crippen molar-refractivity contribution in [2.45, 2.75) is 38.7 Å². The number of alkyl halides is 3. The molecule has 0 fully saturated rings. The molecule has 1 rings (SSSR count). The number of halogens is 3. The van der Waals surface area contributed by atoms with Gasteiger partial charge in [0.2, 0.25) is 0 Å². The fraction of sp³-hybridized carbons (Fsp3) is 0.462. The lowest BCUT2D eigenvalue weighted by molar-refractivity contribution is -0.153. The molecule has 0 heterocycles. The molecule has 0 radical (unpaired) electrons. The number of carbonyl (C=O) groups is 1. The second-order valence-electron chi connectivity index (χ2n) is 4.41. The first-order valence-corrected chi connectivity index (χ1v) is 5.74. The van der Waals surface area contributed by atoms with E-state index in [0.717, 1.165) is 12.1 Å². The van der Waals surface area contributed by atoms with Gasteiger partial charge in [-0.1, -0.05) is 18.2 Å². The fourth-order valence-corrected chi connectivity index (χ4v) is 1.61. The second kappa shape index (κ2) is 6.06. The normalized spacial score (nSPS) is 13.6. The van der Waals surface area contributed by atoms with Crippen LogP contribution in [0.4, 0.5) is 13.2 Å². The predicted octanol–water partition coefficient (Wildman–Crippen LogP) is 3.13. The van der Waals surface area contributed by atoms with Gasteiger partial charge in [-0.05, 0) is 25.5 Å². The molecule has 0 aliphatic rings. The Bertz CT molecular complexity index is 441. The molecule has 1 aromatic rings. The van der Waals surface area contributed by atoms with Crippen LogP contribution in [0, 0.1) is 0 Å². The van der Waals surface area contributed by atoms with E-state index in [9.17, 15) is 18.0 Å². The molecule has 1 aromatic carbocycles. The third-order valence-electron chi connectivity index (χ3n) is 2.39. The third kappa shape index (κ3) is 4.90. The zero-order chi connectivity index (χ0) is 14.6. The van der Waals surface area contributed by atoms with Gasteiger partial charge < -0.3 is 9.84 Å². The first-order chi connectivity index (χ1) is 8.70. The molecule has 0 unspecified atom stereocenters. The number of rotatable bonds is 5. The maximum atomic E-state index is 12.5. The highest BCUT2D eigenvalue weighted by atomic mass is 19.4. The van der Waals surface area contributed by atoms with Crippen LogP contribution in [0.15, 0.2) is 24.3 Å². The van der Waals surface area contributed by atoms with Crippen LogP contribution in [0.5, 0.6) is 0 Å². The summed E-state index contributed by atoms with van der Waals surface area (Å²) in [5, 5.41) is 8.97. The highest BCUT2D eigenvalue weighted by molar-refractivity contribution is 5.72. The number of aliphatic carboxylic acids is 1. The first-order valence-electron chi connectivity index (χ1n) is 5.74. The van der Waals surface area contributed by atoms with E-state index in [1.807, 2.05) is 0 Å². The topological polar surface area (TPSA) is 46.5 Å². The second-order valence-corrected chi connectivity index (χ2v) is 4.41. The summed E-state index contributed by atoms with van der Waals surface area (Å²) in [5.41, 5.74) is -0.512. The summed E-state index contributed by atoms with van der Waals surface area (Å²) in [4.78, 5) is 11.0. The highest BCUT2D eigenvalue weighted by Crippen LogP contribution is 2.29. The van der Waals surface area contributed by atoms with E-state index in [0.29, 0.717) is 0 Å². The lowest BCUT2D eigenvalue weighted by Gasteiger charge is -2.17. The van der Waals surface area contributed by atoms with Gasteiger partial charge in [-0.25, -0.2) is 4.79 Å². The molecule has 0 aromatic heterocycles. The molecular weight excluding hydrogens is 261 g/mol. The molecule has 0 spiro atoms. The van der Waals surface area contributed by atoms with Crippen molar-refractivity contribution in [1.82, 2.24) is 0 Å². The van der Waals surface area contributed by atoms with E-state index in [4.69, 9.17) is 9.84 Å². The van der Waals surface area contributed by atoms with Gasteiger partial charge in [0.05, 0.1) is 11.7 Å². The number of carboxylic acid groups (broad SMARTS) is 1. The van der Waals surface area contributed by atoms with Gasteiger partial charge in [0.15, 0.2) is 6.10 Å². The molecule has 0 saturated heterocycles. The third-order valence-corrected chi connectivity index (χ3v) is 2.39. The Morgan fingerprint density at radius 3 is 2.47 bits per heavy atom. The number of ether oxygens (including phenoxy) is 1. The zero-order valence-electron chi connectivity index (χ0n) is 10.6. The molecule has 1 N–H and O–H groups in total. The summed E-state index contributed by atoms with van der Waals surface area (Å²) in [6, 6.07) is 4.60. The van der Waals surface area contributed by atoms with Gasteiger partial charge in [-0.15, -0.1) is 0 Å². The molecule has 0 aliphatic carbocycles. The summed E-state index contributed by atoms with van der Waals surface area (Å²) >= 11 is 0. The number of carboxylic acids is 1. The average Bonchev–Trinajstić information content (AvgIpc) is 2.26. The molecule has 0 bridgehead atoms. The number of hydrogen-bond donors (Lipinski definition) is 1. The van der Waals surface area contributed by atoms with E-state index in [1.54, 1.807) is 13.8 Å². The Morgan fingerprint density at radius 1 is 1.37 bits per heavy atom. The van der Waals surface area contributed by atoms with Crippen LogP contribution in [0.25, 0.3) is 0 Å². The number of benzene rings is 1. The highest BCUT2D eigenvalue weighted by Gasteiger charge is 2.31. The predicted molar refractivity (Wildman–Crippen MR) is 62.8 cm³/mol. The molecule has 106 valence electrons. The summed E-state index contributed by atoms with van der Waals surface area (Å²) in [5.74, 6) is -1.19. The maximum absolute atomic E-state index is 12.5. The van der Waals surface area contributed by atoms with Gasteiger partial charge in [-0.3, -0.25) is 0 Å². The largest absolute Gasteiger partial charge is 0.479 e. The van der Waals surface area contributed by atoms with E-state index < -0.39 is 23.8 Å². The van der Waals surface area contributed by atoms with Crippen molar-refractivity contribution in [1.29, 1.82) is 0 Å². The molecule has 0 amide bonds. The van der Waals surface area contributed by atoms with Gasteiger partial charge in [0.1, 0.15) is 0 Å². The van der Waals surface area contributed by atoms with Crippen LogP contribution in [0.3, 0.4) is 0 Å². The Labute approximate surface area is 109 Å². The Kier molecular flexibility index (Phi) is 4.94. The number of hydrogen-bond acceptors (Lipinski definition) is 2. The van der Waals surface area contributed by atoms with E-state index in [1.165, 1.54) is 12.1 Å². The average molecular weight is 276 g/mol. The van der Waals surface area contributed by atoms with E-state index >= 15 is 0 Å². The van der Waals surface area contributed by atoms with Gasteiger partial charge in [0.25, 0.3) is 0 Å². The summed E-state index contributed by atoms with van der Waals surface area (Å²) in [6.07, 6.45) is -6.00. The van der Waals surface area contributed by atoms with E-state index in [2.05, 4.69) is 0 Å². The van der Waals surface area contributed by atoms with Gasteiger partial charge in [-0.2, -0.15) is 13.2 Å². The lowest BCUT2D eigenvalue weighted by atomic mass is 10.0. The molecule has 0 aliphatic heterocycles. The van der Waals surface area contributed by atoms with Crippen LogP contribution in [-0.4, -0.2) is 23.3 Å². The van der Waals surface area contributed by atoms with Gasteiger partial charge >= 0.3 is 12.1 Å². The van der Waals surface area contributed by atoms with Crippen molar-refractivity contribution in [3.63, 3.8) is 0 Å². The Hall–Kier alpha value is -1.56. The van der Waals surface area contributed by atoms with Crippen molar-refractivity contribution in [2.75, 3.05) is 0 Å². The van der Waals surface area contributed by atoms with Crippen LogP contribution in [-0.2, 0) is 22.1 Å². The van der Waals surface area contributed by atoms with Crippen LogP contribution >= 0.6 is 0 Å². The first kappa shape index (κ1) is 15.5. The van der Waals surface area contributed by atoms with Crippen molar-refractivity contribution < 1.29 is 27.8 Å². The molecule has 3 nitrogen and oxygen atoms in total. The monoisotopic (exact) mass is 276 g/mol. The minimum atomic E-state index is -4.44. The zero-order valence-corrected chi connectivity index (χ0v) is 10.6. The van der Waals surface area contributed by atoms with Crippen molar-refractivity contribution in [3.8, 4) is 0 Å².